The van der Waals surface area contributed by atoms with Crippen LogP contribution >= 0.6 is 8.25 Å². The fourth-order valence-corrected chi connectivity index (χ4v) is 3.69. The second-order valence-electron chi connectivity index (χ2n) is 8.06. The molecule has 0 fully saturated rings. The first kappa shape index (κ1) is 24.6. The quantitative estimate of drug-likeness (QED) is 0.223. The summed E-state index contributed by atoms with van der Waals surface area (Å²) < 4.78 is 24.7. The van der Waals surface area contributed by atoms with Gasteiger partial charge < -0.3 is 0 Å². The van der Waals surface area contributed by atoms with Crippen LogP contribution in [0, 0.1) is 35.5 Å². The molecule has 2 atom stereocenters. The Kier molecular flexibility index (Phi) is 9.02. The number of allylic oxidation sites excluding steroid dienone is 2. The van der Waals surface area contributed by atoms with Crippen LogP contribution in [-0.4, -0.2) is 11.2 Å². The van der Waals surface area contributed by atoms with E-state index < -0.39 is 30.3 Å². The number of hydrogen-bond donors (Lipinski definition) is 0. The standard InChI is InChI=1S/C22H34O3P/c1-11-15-17-21(9,19(5,6)13-3)24-26(23)25-22(10,18-16-12-2)20(7,8)14-4/h3-4,11-12H,1-2,15-18H2,5-10H3/q+1. The van der Waals surface area contributed by atoms with Crippen LogP contribution in [0.5, 0.6) is 0 Å². The molecule has 2 unspecified atom stereocenters. The molecule has 0 aromatic carbocycles. The van der Waals surface area contributed by atoms with Gasteiger partial charge in [-0.1, -0.05) is 24.0 Å². The van der Waals surface area contributed by atoms with Crippen molar-refractivity contribution in [3.8, 4) is 24.7 Å². The van der Waals surface area contributed by atoms with E-state index in [0.29, 0.717) is 25.7 Å². The highest BCUT2D eigenvalue weighted by molar-refractivity contribution is 7.33. The molecule has 0 aliphatic carbocycles. The molecule has 144 valence electrons. The molecular formula is C22H34O3P+. The highest BCUT2D eigenvalue weighted by atomic mass is 31.1. The molecule has 0 aromatic heterocycles. The molecule has 0 aliphatic heterocycles. The molecule has 4 heteroatoms. The molecule has 0 N–H and O–H groups in total. The third-order valence-electron chi connectivity index (χ3n) is 5.57. The average Bonchev–Trinajstić information content (AvgIpc) is 2.57. The van der Waals surface area contributed by atoms with E-state index in [1.165, 1.54) is 0 Å². The first-order valence-electron chi connectivity index (χ1n) is 8.87. The third-order valence-corrected chi connectivity index (χ3v) is 6.67. The van der Waals surface area contributed by atoms with Gasteiger partial charge in [0.25, 0.3) is 0 Å². The van der Waals surface area contributed by atoms with Crippen LogP contribution in [0.4, 0.5) is 0 Å². The van der Waals surface area contributed by atoms with Crippen LogP contribution in [0.2, 0.25) is 0 Å². The zero-order valence-electron chi connectivity index (χ0n) is 17.2. The van der Waals surface area contributed by atoms with Gasteiger partial charge in [0.05, 0.1) is 10.8 Å². The molecule has 0 aromatic rings. The first-order valence-corrected chi connectivity index (χ1v) is 9.97. The van der Waals surface area contributed by atoms with Crippen LogP contribution < -0.4 is 0 Å². The minimum absolute atomic E-state index is 0.583. The van der Waals surface area contributed by atoms with Gasteiger partial charge in [-0.2, -0.15) is 0 Å². The van der Waals surface area contributed by atoms with Crippen molar-refractivity contribution in [2.45, 2.75) is 78.4 Å². The van der Waals surface area contributed by atoms with Gasteiger partial charge in [-0.3, -0.25) is 0 Å². The van der Waals surface area contributed by atoms with Crippen molar-refractivity contribution in [1.29, 1.82) is 0 Å². The van der Waals surface area contributed by atoms with Crippen LogP contribution in [-0.2, 0) is 13.6 Å². The summed E-state index contributed by atoms with van der Waals surface area (Å²) in [7, 11) is -2.44. The van der Waals surface area contributed by atoms with Crippen molar-refractivity contribution in [2.24, 2.45) is 10.8 Å². The van der Waals surface area contributed by atoms with E-state index in [0.717, 1.165) is 0 Å². The molecule has 0 spiro atoms. The highest BCUT2D eigenvalue weighted by Gasteiger charge is 2.53. The molecule has 26 heavy (non-hydrogen) atoms. The van der Waals surface area contributed by atoms with E-state index in [1.807, 2.05) is 41.5 Å². The topological polar surface area (TPSA) is 35.5 Å². The Morgan fingerprint density at radius 1 is 0.846 bits per heavy atom. The van der Waals surface area contributed by atoms with Crippen molar-refractivity contribution in [3.63, 3.8) is 0 Å². The summed E-state index contributed by atoms with van der Waals surface area (Å²) in [6.07, 6.45) is 17.5. The molecule has 0 radical (unpaired) electrons. The normalized spacial score (nSPS) is 17.2. The Morgan fingerprint density at radius 2 is 1.15 bits per heavy atom. The van der Waals surface area contributed by atoms with E-state index in [1.54, 1.807) is 12.2 Å². The van der Waals surface area contributed by atoms with Crippen molar-refractivity contribution in [1.82, 2.24) is 0 Å². The molecule has 0 rings (SSSR count). The molecule has 0 saturated heterocycles. The second kappa shape index (κ2) is 9.53. The monoisotopic (exact) mass is 377 g/mol. The van der Waals surface area contributed by atoms with Crippen molar-refractivity contribution in [2.75, 3.05) is 0 Å². The van der Waals surface area contributed by atoms with Gasteiger partial charge >= 0.3 is 8.25 Å². The van der Waals surface area contributed by atoms with Gasteiger partial charge in [0.1, 0.15) is 11.2 Å². The van der Waals surface area contributed by atoms with Gasteiger partial charge in [-0.25, -0.2) is 0 Å². The summed E-state index contributed by atoms with van der Waals surface area (Å²) in [5.74, 6) is 5.49. The molecular weight excluding hydrogens is 343 g/mol. The summed E-state index contributed by atoms with van der Waals surface area (Å²) in [6, 6.07) is 0. The average molecular weight is 377 g/mol. The zero-order chi connectivity index (χ0) is 20.6. The molecule has 0 amide bonds. The summed E-state index contributed by atoms with van der Waals surface area (Å²) >= 11 is 0. The number of hydrogen-bond acceptors (Lipinski definition) is 3. The first-order chi connectivity index (χ1) is 11.8. The van der Waals surface area contributed by atoms with Crippen LogP contribution in [0.1, 0.15) is 67.2 Å². The van der Waals surface area contributed by atoms with E-state index in [4.69, 9.17) is 21.9 Å². The molecule has 3 nitrogen and oxygen atoms in total. The summed E-state index contributed by atoms with van der Waals surface area (Å²) in [4.78, 5) is 0. The predicted molar refractivity (Wildman–Crippen MR) is 111 cm³/mol. The Labute approximate surface area is 161 Å². The fraction of sp³-hybridized carbons (Fsp3) is 0.636. The van der Waals surface area contributed by atoms with Gasteiger partial charge in [-0.15, -0.1) is 35.1 Å². The lowest BCUT2D eigenvalue weighted by molar-refractivity contribution is -0.0492. The fourth-order valence-electron chi connectivity index (χ4n) is 2.35. The Balaban J connectivity index is 5.60. The van der Waals surface area contributed by atoms with Gasteiger partial charge in [0, 0.05) is 4.57 Å². The second-order valence-corrected chi connectivity index (χ2v) is 8.87. The summed E-state index contributed by atoms with van der Waals surface area (Å²) in [6.45, 7) is 18.8. The van der Waals surface area contributed by atoms with Gasteiger partial charge in [0.15, 0.2) is 0 Å². The smallest absolute Gasteiger partial charge is 0.119 e. The number of rotatable bonds is 12. The Bertz CT molecular complexity index is 554. The van der Waals surface area contributed by atoms with Gasteiger partial charge in [-0.05, 0) is 67.2 Å². The molecule has 0 heterocycles. The van der Waals surface area contributed by atoms with E-state index >= 15 is 0 Å². The largest absolute Gasteiger partial charge is 0.698 e. The summed E-state index contributed by atoms with van der Waals surface area (Å²) in [5, 5.41) is 0. The van der Waals surface area contributed by atoms with E-state index in [2.05, 4.69) is 25.0 Å². The predicted octanol–water partition coefficient (Wildman–Crippen LogP) is 6.45. The Morgan fingerprint density at radius 3 is 1.38 bits per heavy atom. The minimum Gasteiger partial charge on any atom is -0.119 e. The highest BCUT2D eigenvalue weighted by Crippen LogP contribution is 2.50. The van der Waals surface area contributed by atoms with Crippen LogP contribution in [0.3, 0.4) is 0 Å². The van der Waals surface area contributed by atoms with Crippen molar-refractivity contribution in [3.05, 3.63) is 25.3 Å². The summed E-state index contributed by atoms with van der Waals surface area (Å²) in [5.41, 5.74) is -2.93. The van der Waals surface area contributed by atoms with Gasteiger partial charge in [0.2, 0.25) is 0 Å². The SMILES string of the molecule is C#CC(C)(C)C(C)(CCC=C)O[P+](=O)OC(C)(CCC=C)C(C)(C)C#C. The lowest BCUT2D eigenvalue weighted by Crippen LogP contribution is -2.44. The van der Waals surface area contributed by atoms with E-state index in [9.17, 15) is 4.57 Å². The lowest BCUT2D eigenvalue weighted by Gasteiger charge is -2.37. The van der Waals surface area contributed by atoms with Crippen LogP contribution in [0.25, 0.3) is 0 Å². The van der Waals surface area contributed by atoms with Crippen molar-refractivity contribution < 1.29 is 13.6 Å². The number of terminal acetylenes is 2. The maximum absolute atomic E-state index is 12.8. The third kappa shape index (κ3) is 5.82. The molecule has 0 aliphatic rings. The maximum atomic E-state index is 12.8. The van der Waals surface area contributed by atoms with E-state index in [-0.39, 0.29) is 0 Å². The molecule has 0 bridgehead atoms. The maximum Gasteiger partial charge on any atom is 0.698 e. The zero-order valence-corrected chi connectivity index (χ0v) is 18.1. The van der Waals surface area contributed by atoms with Crippen molar-refractivity contribution >= 4 is 8.25 Å². The van der Waals surface area contributed by atoms with Crippen LogP contribution in [0.15, 0.2) is 25.3 Å². The Hall–Kier alpha value is -1.38. The molecule has 0 saturated carbocycles. The minimum atomic E-state index is -2.44. The lowest BCUT2D eigenvalue weighted by atomic mass is 9.74.